The molecule has 0 spiro atoms. The van der Waals surface area contributed by atoms with Crippen molar-refractivity contribution in [2.24, 2.45) is 5.73 Å². The van der Waals surface area contributed by atoms with Crippen molar-refractivity contribution < 1.29 is 27.5 Å². The maximum atomic E-state index is 13.2. The lowest BCUT2D eigenvalue weighted by molar-refractivity contribution is -0.137. The third-order valence-corrected chi connectivity index (χ3v) is 7.17. The van der Waals surface area contributed by atoms with Gasteiger partial charge in [0.15, 0.2) is 15.0 Å². The number of rotatable bonds is 6. The summed E-state index contributed by atoms with van der Waals surface area (Å²) in [4.78, 5) is 29.4. The van der Waals surface area contributed by atoms with E-state index in [2.05, 4.69) is 10.3 Å². The zero-order valence-electron chi connectivity index (χ0n) is 16.1. The number of fused-ring (bicyclic) bond motifs is 1. The number of aromatic nitrogens is 1. The summed E-state index contributed by atoms with van der Waals surface area (Å²) in [6.45, 7) is 0. The number of ether oxygens (including phenoxy) is 2. The number of carbonyl (C=O) groups excluding carboxylic acids is 2. The lowest BCUT2D eigenvalue weighted by Gasteiger charge is -2.37. The van der Waals surface area contributed by atoms with Crippen molar-refractivity contribution in [1.82, 2.24) is 4.98 Å². The summed E-state index contributed by atoms with van der Waals surface area (Å²) in [7, 11) is -0.801. The molecule has 0 saturated heterocycles. The van der Waals surface area contributed by atoms with Gasteiger partial charge < -0.3 is 15.2 Å². The van der Waals surface area contributed by atoms with Crippen LogP contribution in [0.1, 0.15) is 0 Å². The van der Waals surface area contributed by atoms with E-state index in [0.717, 1.165) is 17.6 Å². The van der Waals surface area contributed by atoms with E-state index in [1.165, 1.54) is 38.5 Å². The zero-order chi connectivity index (χ0) is 22.3. The lowest BCUT2D eigenvalue weighted by Crippen LogP contribution is -2.56. The van der Waals surface area contributed by atoms with E-state index in [9.17, 15) is 18.0 Å². The summed E-state index contributed by atoms with van der Waals surface area (Å²) in [5.74, 6) is -1.45. The van der Waals surface area contributed by atoms with Gasteiger partial charge in [-0.05, 0) is 30.4 Å². The lowest BCUT2D eigenvalue weighted by atomic mass is 9.85. The summed E-state index contributed by atoms with van der Waals surface area (Å²) >= 11 is 7.50. The molecule has 0 saturated carbocycles. The Balaban J connectivity index is 1.99. The van der Waals surface area contributed by atoms with Gasteiger partial charge >= 0.3 is 0 Å². The standard InChI is InChI=1S/C18H18ClN3O6S2/c1-27-13-7-5-10(15(20)23)14(19)18(13,28-2)16(24)22-17-21-11-6-4-9(30(3,25)26)8-12(11)29-17/h4-8,14H,1-3H3,(H2,20,23)(H,21,22,24). The average Bonchev–Trinajstić information content (AvgIpc) is 3.07. The van der Waals surface area contributed by atoms with Crippen molar-refractivity contribution >= 4 is 59.9 Å². The number of allylic oxidation sites excluding steroid dienone is 2. The van der Waals surface area contributed by atoms with Gasteiger partial charge in [0.1, 0.15) is 11.1 Å². The molecule has 3 N–H and O–H groups in total. The highest BCUT2D eigenvalue weighted by atomic mass is 35.5. The topological polar surface area (TPSA) is 138 Å². The highest BCUT2D eigenvalue weighted by molar-refractivity contribution is 7.90. The summed E-state index contributed by atoms with van der Waals surface area (Å²) in [5.41, 5.74) is 3.98. The quantitative estimate of drug-likeness (QED) is 0.610. The molecule has 12 heteroatoms. The van der Waals surface area contributed by atoms with Crippen molar-refractivity contribution in [2.45, 2.75) is 15.9 Å². The van der Waals surface area contributed by atoms with Crippen LogP contribution >= 0.6 is 22.9 Å². The van der Waals surface area contributed by atoms with Crippen LogP contribution in [0.5, 0.6) is 0 Å². The number of nitrogens with zero attached hydrogens (tertiary/aromatic N) is 1. The fourth-order valence-corrected chi connectivity index (χ4v) is 5.15. The molecule has 30 heavy (non-hydrogen) atoms. The fraction of sp³-hybridized carbons (Fsp3) is 0.278. The van der Waals surface area contributed by atoms with Crippen molar-refractivity contribution in [1.29, 1.82) is 0 Å². The van der Waals surface area contributed by atoms with Crippen LogP contribution in [0.2, 0.25) is 0 Å². The molecule has 9 nitrogen and oxygen atoms in total. The van der Waals surface area contributed by atoms with E-state index >= 15 is 0 Å². The van der Waals surface area contributed by atoms with Gasteiger partial charge in [-0.25, -0.2) is 13.4 Å². The first-order valence-corrected chi connectivity index (χ1v) is 11.6. The molecular formula is C18H18ClN3O6S2. The minimum atomic E-state index is -3.39. The molecule has 2 atom stereocenters. The Kier molecular flexibility index (Phi) is 5.92. The molecule has 0 aliphatic heterocycles. The largest absolute Gasteiger partial charge is 0.497 e. The fourth-order valence-electron chi connectivity index (χ4n) is 3.05. The maximum absolute atomic E-state index is 13.2. The Labute approximate surface area is 181 Å². The Morgan fingerprint density at radius 3 is 2.57 bits per heavy atom. The first kappa shape index (κ1) is 22.2. The SMILES string of the molecule is COC1=CC=C(C(N)=O)C(Cl)C1(OC)C(=O)Nc1nc2ccc(S(C)(=O)=O)cc2s1. The molecule has 1 heterocycles. The third-order valence-electron chi connectivity index (χ3n) is 4.58. The predicted octanol–water partition coefficient (Wildman–Crippen LogP) is 1.59. The number of benzene rings is 1. The molecule has 160 valence electrons. The van der Waals surface area contributed by atoms with Crippen LogP contribution in [-0.2, 0) is 28.9 Å². The highest BCUT2D eigenvalue weighted by Crippen LogP contribution is 2.39. The van der Waals surface area contributed by atoms with Gasteiger partial charge in [-0.1, -0.05) is 11.3 Å². The first-order chi connectivity index (χ1) is 14.0. The number of carbonyl (C=O) groups is 2. The van der Waals surface area contributed by atoms with Crippen molar-refractivity contribution in [2.75, 3.05) is 25.8 Å². The van der Waals surface area contributed by atoms with Crippen LogP contribution in [0, 0.1) is 0 Å². The maximum Gasteiger partial charge on any atom is 0.268 e. The molecule has 2 unspecified atom stereocenters. The Hall–Kier alpha value is -2.47. The number of methoxy groups -OCH3 is 2. The van der Waals surface area contributed by atoms with Crippen LogP contribution in [0.3, 0.4) is 0 Å². The van der Waals surface area contributed by atoms with Crippen LogP contribution < -0.4 is 11.1 Å². The van der Waals surface area contributed by atoms with Gasteiger partial charge in [-0.15, -0.1) is 11.6 Å². The number of primary amides is 1. The van der Waals surface area contributed by atoms with Crippen LogP contribution in [-0.4, -0.2) is 56.7 Å². The normalized spacial score (nSPS) is 21.7. The summed E-state index contributed by atoms with van der Waals surface area (Å²) in [6, 6.07) is 4.46. The first-order valence-electron chi connectivity index (χ1n) is 8.42. The van der Waals surface area contributed by atoms with E-state index in [1.807, 2.05) is 0 Å². The second-order valence-electron chi connectivity index (χ2n) is 6.40. The second-order valence-corrected chi connectivity index (χ2v) is 9.88. The number of anilines is 1. The molecule has 1 aliphatic carbocycles. The minimum Gasteiger partial charge on any atom is -0.497 e. The molecule has 1 aromatic carbocycles. The van der Waals surface area contributed by atoms with E-state index in [1.54, 1.807) is 6.07 Å². The molecule has 3 rings (SSSR count). The van der Waals surface area contributed by atoms with E-state index in [-0.39, 0.29) is 21.4 Å². The minimum absolute atomic E-state index is 0.0171. The van der Waals surface area contributed by atoms with Crippen LogP contribution in [0.4, 0.5) is 5.13 Å². The molecule has 1 aromatic heterocycles. The van der Waals surface area contributed by atoms with Crippen molar-refractivity contribution in [3.63, 3.8) is 0 Å². The Morgan fingerprint density at radius 1 is 1.30 bits per heavy atom. The van der Waals surface area contributed by atoms with Crippen molar-refractivity contribution in [3.8, 4) is 0 Å². The zero-order valence-corrected chi connectivity index (χ0v) is 18.5. The van der Waals surface area contributed by atoms with Gasteiger partial charge in [-0.2, -0.15) is 0 Å². The molecule has 0 fully saturated rings. The smallest absolute Gasteiger partial charge is 0.268 e. The second kappa shape index (κ2) is 7.99. The van der Waals surface area contributed by atoms with E-state index in [0.29, 0.717) is 10.2 Å². The van der Waals surface area contributed by atoms with Gasteiger partial charge in [0.2, 0.25) is 11.5 Å². The molecule has 1 aliphatic rings. The summed E-state index contributed by atoms with van der Waals surface area (Å²) < 4.78 is 34.8. The predicted molar refractivity (Wildman–Crippen MR) is 113 cm³/mol. The number of hydrogen-bond acceptors (Lipinski definition) is 8. The van der Waals surface area contributed by atoms with E-state index in [4.69, 9.17) is 26.8 Å². The Bertz CT molecular complexity index is 1200. The third kappa shape index (κ3) is 3.69. The number of amides is 2. The van der Waals surface area contributed by atoms with Crippen LogP contribution in [0.25, 0.3) is 10.2 Å². The monoisotopic (exact) mass is 471 g/mol. The number of hydrogen-bond donors (Lipinski definition) is 2. The number of sulfone groups is 1. The number of thiazole rings is 1. The molecule has 0 radical (unpaired) electrons. The van der Waals surface area contributed by atoms with Gasteiger partial charge in [0.05, 0.1) is 22.2 Å². The van der Waals surface area contributed by atoms with E-state index < -0.39 is 32.6 Å². The number of nitrogens with one attached hydrogen (secondary N) is 1. The molecule has 2 aromatic rings. The van der Waals surface area contributed by atoms with Gasteiger partial charge in [0, 0.05) is 18.9 Å². The van der Waals surface area contributed by atoms with Crippen molar-refractivity contribution in [3.05, 3.63) is 41.7 Å². The number of nitrogens with two attached hydrogens (primary N) is 1. The summed E-state index contributed by atoms with van der Waals surface area (Å²) in [5, 5.41) is 1.54. The van der Waals surface area contributed by atoms with Gasteiger partial charge in [0.25, 0.3) is 5.91 Å². The molecule has 2 amide bonds. The Morgan fingerprint density at radius 2 is 2.00 bits per heavy atom. The van der Waals surface area contributed by atoms with Crippen LogP contribution in [0.15, 0.2) is 46.6 Å². The number of halogens is 1. The number of alkyl halides is 1. The highest BCUT2D eigenvalue weighted by Gasteiger charge is 2.54. The molecule has 0 bridgehead atoms. The molecular weight excluding hydrogens is 454 g/mol. The summed E-state index contributed by atoms with van der Waals surface area (Å²) in [6.07, 6.45) is 3.86. The average molecular weight is 472 g/mol. The van der Waals surface area contributed by atoms with Gasteiger partial charge in [-0.3, -0.25) is 14.9 Å².